The van der Waals surface area contributed by atoms with E-state index in [9.17, 15) is 9.18 Å². The molecule has 25 heavy (non-hydrogen) atoms. The highest BCUT2D eigenvalue weighted by Crippen LogP contribution is 2.28. The second-order valence-corrected chi connectivity index (χ2v) is 6.86. The molecular formula is C18H23FN4O2. The molecule has 1 aromatic heterocycles. The van der Waals surface area contributed by atoms with Gasteiger partial charge in [0.2, 0.25) is 17.6 Å². The smallest absolute Gasteiger partial charge is 0.239 e. The van der Waals surface area contributed by atoms with Crippen molar-refractivity contribution >= 4 is 5.91 Å². The van der Waals surface area contributed by atoms with E-state index in [0.717, 1.165) is 12.8 Å². The molecule has 0 saturated carbocycles. The first-order chi connectivity index (χ1) is 12.0. The van der Waals surface area contributed by atoms with Gasteiger partial charge in [-0.2, -0.15) is 4.98 Å². The minimum Gasteiger partial charge on any atom is -0.341 e. The first-order valence-electron chi connectivity index (χ1n) is 8.59. The molecule has 1 fully saturated rings. The maximum atomic E-state index is 13.0. The Morgan fingerprint density at radius 1 is 1.36 bits per heavy atom. The second kappa shape index (κ2) is 7.31. The zero-order valence-corrected chi connectivity index (χ0v) is 14.5. The number of piperidine rings is 1. The number of nitrogens with zero attached hydrogens (tertiary/aromatic N) is 3. The van der Waals surface area contributed by atoms with Crippen LogP contribution in [0, 0.1) is 11.7 Å². The zero-order valence-electron chi connectivity index (χ0n) is 14.5. The number of hydrogen-bond acceptors (Lipinski definition) is 5. The molecule has 1 aliphatic rings. The molecular weight excluding hydrogens is 323 g/mol. The number of amides is 1. The van der Waals surface area contributed by atoms with Crippen molar-refractivity contribution in [3.05, 3.63) is 36.0 Å². The van der Waals surface area contributed by atoms with Crippen LogP contribution in [0.2, 0.25) is 0 Å². The molecule has 0 spiro atoms. The summed E-state index contributed by atoms with van der Waals surface area (Å²) in [6.07, 6.45) is 1.75. The summed E-state index contributed by atoms with van der Waals surface area (Å²) in [5.41, 5.74) is 6.69. The van der Waals surface area contributed by atoms with Gasteiger partial charge in [0.25, 0.3) is 0 Å². The highest BCUT2D eigenvalue weighted by molar-refractivity contribution is 5.82. The number of rotatable bonds is 4. The normalized spacial score (nSPS) is 19.2. The summed E-state index contributed by atoms with van der Waals surface area (Å²) in [7, 11) is 0. The number of hydrogen-bond donors (Lipinski definition) is 1. The minimum absolute atomic E-state index is 0.00115. The van der Waals surface area contributed by atoms with E-state index in [4.69, 9.17) is 10.3 Å². The van der Waals surface area contributed by atoms with Crippen LogP contribution < -0.4 is 5.73 Å². The van der Waals surface area contributed by atoms with E-state index >= 15 is 0 Å². The van der Waals surface area contributed by atoms with Crippen LogP contribution in [0.3, 0.4) is 0 Å². The molecule has 7 heteroatoms. The van der Waals surface area contributed by atoms with Crippen molar-refractivity contribution in [2.45, 2.75) is 38.6 Å². The molecule has 0 aliphatic carbocycles. The number of nitrogens with two attached hydrogens (primary N) is 1. The molecule has 1 aliphatic heterocycles. The van der Waals surface area contributed by atoms with Gasteiger partial charge in [-0.1, -0.05) is 19.0 Å². The molecule has 2 N–H and O–H groups in total. The predicted molar refractivity (Wildman–Crippen MR) is 91.1 cm³/mol. The van der Waals surface area contributed by atoms with Gasteiger partial charge in [-0.15, -0.1) is 0 Å². The molecule has 1 unspecified atom stereocenters. The van der Waals surface area contributed by atoms with Crippen LogP contribution in [0.15, 0.2) is 28.8 Å². The fourth-order valence-electron chi connectivity index (χ4n) is 2.99. The monoisotopic (exact) mass is 346 g/mol. The summed E-state index contributed by atoms with van der Waals surface area (Å²) in [4.78, 5) is 18.7. The highest BCUT2D eigenvalue weighted by Gasteiger charge is 2.31. The lowest BCUT2D eigenvalue weighted by Crippen LogP contribution is -2.49. The molecule has 1 aromatic carbocycles. The van der Waals surface area contributed by atoms with Crippen LogP contribution in [0.5, 0.6) is 0 Å². The third kappa shape index (κ3) is 3.87. The zero-order chi connectivity index (χ0) is 18.0. The summed E-state index contributed by atoms with van der Waals surface area (Å²) >= 11 is 0. The second-order valence-electron chi connectivity index (χ2n) is 6.86. The third-order valence-electron chi connectivity index (χ3n) is 4.63. The van der Waals surface area contributed by atoms with Gasteiger partial charge in [0.15, 0.2) is 0 Å². The van der Waals surface area contributed by atoms with Crippen molar-refractivity contribution in [3.8, 4) is 11.4 Å². The van der Waals surface area contributed by atoms with Crippen molar-refractivity contribution in [1.82, 2.24) is 15.0 Å². The summed E-state index contributed by atoms with van der Waals surface area (Å²) in [5, 5.41) is 3.99. The highest BCUT2D eigenvalue weighted by atomic mass is 19.1. The van der Waals surface area contributed by atoms with E-state index in [0.29, 0.717) is 30.4 Å². The fraction of sp³-hybridized carbons (Fsp3) is 0.500. The topological polar surface area (TPSA) is 85.3 Å². The Morgan fingerprint density at radius 2 is 2.08 bits per heavy atom. The SMILES string of the molecule is CC(C)[C@H](N)C(=O)N1CCCC(c2nc(-c3ccc(F)cc3)no2)C1. The first kappa shape index (κ1) is 17.5. The van der Waals surface area contributed by atoms with Crippen molar-refractivity contribution in [2.75, 3.05) is 13.1 Å². The lowest BCUT2D eigenvalue weighted by molar-refractivity contribution is -0.134. The Hall–Kier alpha value is -2.28. The molecule has 2 heterocycles. The molecule has 0 bridgehead atoms. The summed E-state index contributed by atoms with van der Waals surface area (Å²) in [5.74, 6) is 0.695. The molecule has 134 valence electrons. The fourth-order valence-corrected chi connectivity index (χ4v) is 2.99. The molecule has 2 atom stereocenters. The van der Waals surface area contributed by atoms with Gasteiger partial charge in [0.05, 0.1) is 12.0 Å². The third-order valence-corrected chi connectivity index (χ3v) is 4.63. The van der Waals surface area contributed by atoms with Gasteiger partial charge in [-0.05, 0) is 43.0 Å². The predicted octanol–water partition coefficient (Wildman–Crippen LogP) is 2.57. The Kier molecular flexibility index (Phi) is 5.13. The van der Waals surface area contributed by atoms with E-state index in [1.165, 1.54) is 12.1 Å². The average molecular weight is 346 g/mol. The Balaban J connectivity index is 1.72. The largest absolute Gasteiger partial charge is 0.341 e. The van der Waals surface area contributed by atoms with E-state index in [2.05, 4.69) is 10.1 Å². The maximum Gasteiger partial charge on any atom is 0.239 e. The number of halogens is 1. The number of aromatic nitrogens is 2. The van der Waals surface area contributed by atoms with Crippen LogP contribution in [0.1, 0.15) is 38.5 Å². The summed E-state index contributed by atoms with van der Waals surface area (Å²) < 4.78 is 18.4. The quantitative estimate of drug-likeness (QED) is 0.919. The molecule has 0 radical (unpaired) electrons. The van der Waals surface area contributed by atoms with Gasteiger partial charge >= 0.3 is 0 Å². The molecule has 2 aromatic rings. The van der Waals surface area contributed by atoms with Crippen molar-refractivity contribution < 1.29 is 13.7 Å². The van der Waals surface area contributed by atoms with Crippen molar-refractivity contribution in [2.24, 2.45) is 11.7 Å². The van der Waals surface area contributed by atoms with E-state index in [-0.39, 0.29) is 23.6 Å². The number of benzene rings is 1. The summed E-state index contributed by atoms with van der Waals surface area (Å²) in [6.45, 7) is 5.12. The van der Waals surface area contributed by atoms with Crippen LogP contribution in [0.4, 0.5) is 4.39 Å². The number of carbonyl (C=O) groups excluding carboxylic acids is 1. The standard InChI is InChI=1S/C18H23FN4O2/c1-11(2)15(20)18(24)23-9-3-4-13(10-23)17-21-16(22-25-17)12-5-7-14(19)8-6-12/h5-8,11,13,15H,3-4,9-10,20H2,1-2H3/t13?,15-/m0/s1. The maximum absolute atomic E-state index is 13.0. The van der Waals surface area contributed by atoms with Crippen LogP contribution in [-0.2, 0) is 4.79 Å². The summed E-state index contributed by atoms with van der Waals surface area (Å²) in [6, 6.07) is 5.46. The molecule has 1 amide bonds. The minimum atomic E-state index is -0.490. The Morgan fingerprint density at radius 3 is 2.76 bits per heavy atom. The first-order valence-corrected chi connectivity index (χ1v) is 8.59. The average Bonchev–Trinajstić information content (AvgIpc) is 3.11. The van der Waals surface area contributed by atoms with Gasteiger partial charge < -0.3 is 15.2 Å². The lowest BCUT2D eigenvalue weighted by Gasteiger charge is -2.33. The van der Waals surface area contributed by atoms with Crippen LogP contribution in [0.25, 0.3) is 11.4 Å². The Labute approximate surface area is 146 Å². The molecule has 1 saturated heterocycles. The lowest BCUT2D eigenvalue weighted by atomic mass is 9.96. The van der Waals surface area contributed by atoms with E-state index in [1.54, 1.807) is 17.0 Å². The van der Waals surface area contributed by atoms with Crippen LogP contribution in [-0.4, -0.2) is 40.1 Å². The molecule has 3 rings (SSSR count). The van der Waals surface area contributed by atoms with Gasteiger partial charge in [0.1, 0.15) is 5.82 Å². The van der Waals surface area contributed by atoms with E-state index in [1.807, 2.05) is 13.8 Å². The number of likely N-dealkylation sites (tertiary alicyclic amines) is 1. The van der Waals surface area contributed by atoms with Gasteiger partial charge in [-0.3, -0.25) is 4.79 Å². The molecule has 6 nitrogen and oxygen atoms in total. The van der Waals surface area contributed by atoms with Gasteiger partial charge in [0, 0.05) is 18.7 Å². The Bertz CT molecular complexity index is 729. The van der Waals surface area contributed by atoms with Crippen molar-refractivity contribution in [1.29, 1.82) is 0 Å². The van der Waals surface area contributed by atoms with Crippen molar-refractivity contribution in [3.63, 3.8) is 0 Å². The van der Waals surface area contributed by atoms with E-state index < -0.39 is 6.04 Å². The van der Waals surface area contributed by atoms with Crippen LogP contribution >= 0.6 is 0 Å². The van der Waals surface area contributed by atoms with Gasteiger partial charge in [-0.25, -0.2) is 4.39 Å². The number of carbonyl (C=O) groups is 1.